The topological polar surface area (TPSA) is 54.9 Å². The van der Waals surface area contributed by atoms with Crippen molar-refractivity contribution in [2.75, 3.05) is 5.32 Å². The van der Waals surface area contributed by atoms with Gasteiger partial charge < -0.3 is 0 Å². The van der Waals surface area contributed by atoms with Gasteiger partial charge in [-0.2, -0.15) is 0 Å². The number of carbonyl (C=O) groups excluding carboxylic acids is 1. The molecule has 0 aliphatic heterocycles. The van der Waals surface area contributed by atoms with E-state index in [-0.39, 0.29) is 5.91 Å². The highest BCUT2D eigenvalue weighted by Crippen LogP contribution is 2.37. The monoisotopic (exact) mass is 383 g/mol. The number of allylic oxidation sites excluding steroid dienone is 1. The predicted octanol–water partition coefficient (Wildman–Crippen LogP) is 5.43. The second-order valence-corrected chi connectivity index (χ2v) is 7.60. The summed E-state index contributed by atoms with van der Waals surface area (Å²) < 4.78 is 0. The first-order valence-electron chi connectivity index (χ1n) is 9.18. The van der Waals surface area contributed by atoms with E-state index in [0.717, 1.165) is 40.6 Å². The smallest absolute Gasteiger partial charge is 0.258 e. The number of hydrogen-bond donors (Lipinski definition) is 1. The molecule has 1 aliphatic carbocycles. The summed E-state index contributed by atoms with van der Waals surface area (Å²) in [5.41, 5.74) is 5.84. The Balaban J connectivity index is 1.66. The Bertz CT molecular complexity index is 1200. The summed E-state index contributed by atoms with van der Waals surface area (Å²) in [6.45, 7) is 0. The molecule has 4 aromatic rings. The summed E-state index contributed by atoms with van der Waals surface area (Å²) in [5, 5.41) is 6.29. The predicted molar refractivity (Wildman–Crippen MR) is 114 cm³/mol. The van der Waals surface area contributed by atoms with Crippen molar-refractivity contribution in [3.63, 3.8) is 0 Å². The minimum Gasteiger partial charge on any atom is -0.298 e. The van der Waals surface area contributed by atoms with Gasteiger partial charge in [0, 0.05) is 17.0 Å². The van der Waals surface area contributed by atoms with Crippen molar-refractivity contribution in [1.29, 1.82) is 0 Å². The van der Waals surface area contributed by atoms with E-state index < -0.39 is 0 Å². The van der Waals surface area contributed by atoms with Gasteiger partial charge in [0.2, 0.25) is 0 Å². The fourth-order valence-electron chi connectivity index (χ4n) is 3.73. The highest BCUT2D eigenvalue weighted by molar-refractivity contribution is 7.13. The van der Waals surface area contributed by atoms with Crippen LogP contribution in [0.5, 0.6) is 0 Å². The Morgan fingerprint density at radius 3 is 2.68 bits per heavy atom. The number of carbonyl (C=O) groups is 1. The lowest BCUT2D eigenvalue weighted by molar-refractivity contribution is 0.102. The molecule has 28 heavy (non-hydrogen) atoms. The SMILES string of the molecule is O=C(Nc1nccs1)c1c2c(nc3ccccc13)C(=Cc1ccccc1)CC2. The Kier molecular flexibility index (Phi) is 4.22. The molecular formula is C23H17N3OS. The zero-order valence-electron chi connectivity index (χ0n) is 15.1. The molecule has 0 spiro atoms. The fourth-order valence-corrected chi connectivity index (χ4v) is 4.26. The van der Waals surface area contributed by atoms with Gasteiger partial charge in [0.25, 0.3) is 5.91 Å². The zero-order chi connectivity index (χ0) is 18.9. The number of aromatic nitrogens is 2. The third kappa shape index (κ3) is 3.00. The Morgan fingerprint density at radius 2 is 1.86 bits per heavy atom. The number of hydrogen-bond acceptors (Lipinski definition) is 4. The largest absolute Gasteiger partial charge is 0.298 e. The van der Waals surface area contributed by atoms with Crippen LogP contribution >= 0.6 is 11.3 Å². The van der Waals surface area contributed by atoms with Crippen molar-refractivity contribution in [2.24, 2.45) is 0 Å². The number of pyridine rings is 1. The second-order valence-electron chi connectivity index (χ2n) is 6.70. The molecule has 0 radical (unpaired) electrons. The molecule has 5 heteroatoms. The van der Waals surface area contributed by atoms with Gasteiger partial charge in [-0.1, -0.05) is 48.5 Å². The molecule has 2 aromatic heterocycles. The maximum Gasteiger partial charge on any atom is 0.258 e. The molecule has 0 fully saturated rings. The zero-order valence-corrected chi connectivity index (χ0v) is 15.9. The van der Waals surface area contributed by atoms with E-state index in [2.05, 4.69) is 28.5 Å². The van der Waals surface area contributed by atoms with Crippen LogP contribution in [0.15, 0.2) is 66.2 Å². The van der Waals surface area contributed by atoms with E-state index in [4.69, 9.17) is 4.98 Å². The van der Waals surface area contributed by atoms with E-state index in [1.165, 1.54) is 16.9 Å². The molecular weight excluding hydrogens is 366 g/mol. The number of benzene rings is 2. The van der Waals surface area contributed by atoms with E-state index in [0.29, 0.717) is 10.7 Å². The number of fused-ring (bicyclic) bond motifs is 2. The van der Waals surface area contributed by atoms with Crippen LogP contribution in [0.3, 0.4) is 0 Å². The third-order valence-electron chi connectivity index (χ3n) is 4.96. The Labute approximate surface area is 166 Å². The molecule has 0 atom stereocenters. The maximum absolute atomic E-state index is 13.2. The van der Waals surface area contributed by atoms with Gasteiger partial charge in [-0.15, -0.1) is 11.3 Å². The highest BCUT2D eigenvalue weighted by atomic mass is 32.1. The summed E-state index contributed by atoms with van der Waals surface area (Å²) >= 11 is 1.42. The van der Waals surface area contributed by atoms with Crippen LogP contribution in [-0.2, 0) is 6.42 Å². The van der Waals surface area contributed by atoms with Gasteiger partial charge in [0.15, 0.2) is 5.13 Å². The van der Waals surface area contributed by atoms with Crippen molar-refractivity contribution >= 4 is 44.9 Å². The van der Waals surface area contributed by atoms with Gasteiger partial charge in [-0.05, 0) is 41.7 Å². The molecule has 1 amide bonds. The van der Waals surface area contributed by atoms with Gasteiger partial charge in [-0.3, -0.25) is 10.1 Å². The summed E-state index contributed by atoms with van der Waals surface area (Å²) in [7, 11) is 0. The number of nitrogens with zero attached hydrogens (tertiary/aromatic N) is 2. The first kappa shape index (κ1) is 16.8. The van der Waals surface area contributed by atoms with E-state index in [9.17, 15) is 4.79 Å². The summed E-state index contributed by atoms with van der Waals surface area (Å²) in [6, 6.07) is 18.1. The molecule has 0 saturated heterocycles. The molecule has 4 nitrogen and oxygen atoms in total. The van der Waals surface area contributed by atoms with Crippen molar-refractivity contribution in [2.45, 2.75) is 12.8 Å². The minimum atomic E-state index is -0.120. The maximum atomic E-state index is 13.2. The molecule has 0 unspecified atom stereocenters. The van der Waals surface area contributed by atoms with Crippen LogP contribution in [0.1, 0.15) is 33.6 Å². The number of thiazole rings is 1. The molecule has 1 aliphatic rings. The van der Waals surface area contributed by atoms with Crippen LogP contribution in [0.2, 0.25) is 0 Å². The van der Waals surface area contributed by atoms with Gasteiger partial charge in [0.05, 0.1) is 16.8 Å². The van der Waals surface area contributed by atoms with Crippen LogP contribution in [0.4, 0.5) is 5.13 Å². The molecule has 2 aromatic carbocycles. The average molecular weight is 383 g/mol. The van der Waals surface area contributed by atoms with E-state index >= 15 is 0 Å². The molecule has 0 saturated carbocycles. The lowest BCUT2D eigenvalue weighted by Gasteiger charge is -2.12. The van der Waals surface area contributed by atoms with Crippen LogP contribution in [-0.4, -0.2) is 15.9 Å². The van der Waals surface area contributed by atoms with Crippen molar-refractivity contribution < 1.29 is 4.79 Å². The summed E-state index contributed by atoms with van der Waals surface area (Å²) in [5.74, 6) is -0.120. The number of nitrogens with one attached hydrogen (secondary N) is 1. The molecule has 1 N–H and O–H groups in total. The lowest BCUT2D eigenvalue weighted by atomic mass is 10.00. The van der Waals surface area contributed by atoms with E-state index in [1.807, 2.05) is 47.8 Å². The highest BCUT2D eigenvalue weighted by Gasteiger charge is 2.27. The normalized spacial score (nSPS) is 14.4. The number of para-hydroxylation sites is 1. The first-order valence-corrected chi connectivity index (χ1v) is 10.1. The van der Waals surface area contributed by atoms with Gasteiger partial charge in [-0.25, -0.2) is 9.97 Å². The fraction of sp³-hybridized carbons (Fsp3) is 0.0870. The number of amides is 1. The summed E-state index contributed by atoms with van der Waals surface area (Å²) in [4.78, 5) is 22.3. The average Bonchev–Trinajstić information content (AvgIpc) is 3.37. The molecule has 2 heterocycles. The van der Waals surface area contributed by atoms with Gasteiger partial charge in [0.1, 0.15) is 0 Å². The molecule has 5 rings (SSSR count). The number of rotatable bonds is 3. The van der Waals surface area contributed by atoms with Crippen LogP contribution < -0.4 is 5.32 Å². The Morgan fingerprint density at radius 1 is 1.04 bits per heavy atom. The van der Waals surface area contributed by atoms with Crippen molar-refractivity contribution in [3.8, 4) is 0 Å². The van der Waals surface area contributed by atoms with Crippen molar-refractivity contribution in [3.05, 3.63) is 88.6 Å². The van der Waals surface area contributed by atoms with Crippen LogP contribution in [0, 0.1) is 0 Å². The molecule has 0 bridgehead atoms. The summed E-state index contributed by atoms with van der Waals surface area (Å²) in [6.07, 6.45) is 5.56. The third-order valence-corrected chi connectivity index (χ3v) is 5.65. The first-order chi connectivity index (χ1) is 13.8. The lowest BCUT2D eigenvalue weighted by Crippen LogP contribution is -2.15. The van der Waals surface area contributed by atoms with E-state index in [1.54, 1.807) is 6.20 Å². The number of anilines is 1. The quantitative estimate of drug-likeness (QED) is 0.513. The van der Waals surface area contributed by atoms with Crippen molar-refractivity contribution in [1.82, 2.24) is 9.97 Å². The Hall–Kier alpha value is -3.31. The second kappa shape index (κ2) is 7.02. The van der Waals surface area contributed by atoms with Gasteiger partial charge >= 0.3 is 0 Å². The minimum absolute atomic E-state index is 0.120. The molecule has 136 valence electrons. The standard InChI is InChI=1S/C23H17N3OS/c27-22(26-23-24-12-13-28-23)20-17-8-4-5-9-19(17)25-21-16(10-11-18(20)21)14-15-6-2-1-3-7-15/h1-9,12-14H,10-11H2,(H,24,26,27). The van der Waals surface area contributed by atoms with Crippen LogP contribution in [0.25, 0.3) is 22.6 Å².